The van der Waals surface area contributed by atoms with Crippen LogP contribution in [0.1, 0.15) is 36.8 Å². The first-order valence-electron chi connectivity index (χ1n) is 8.30. The van der Waals surface area contributed by atoms with Crippen molar-refractivity contribution in [1.82, 2.24) is 0 Å². The molecule has 1 N–H and O–H groups in total. The molecule has 1 aliphatic rings. The zero-order valence-corrected chi connectivity index (χ0v) is 13.3. The number of hydrogen-bond donors (Lipinski definition) is 1. The minimum Gasteiger partial charge on any atom is -0.373 e. The van der Waals surface area contributed by atoms with Crippen LogP contribution in [-0.4, -0.2) is 10.7 Å². The molecule has 1 aliphatic carbocycles. The first-order valence-corrected chi connectivity index (χ1v) is 8.30. The Bertz CT molecular complexity index is 719. The molecule has 0 radical (unpaired) electrons. The average molecular weight is 302 g/mol. The van der Waals surface area contributed by atoms with Crippen molar-refractivity contribution >= 4 is 0 Å². The number of benzene rings is 2. The predicted molar refractivity (Wildman–Crippen MR) is 95.0 cm³/mol. The Hall–Kier alpha value is -2.30. The zero-order valence-electron chi connectivity index (χ0n) is 13.3. The standard InChI is InChI=1S/C22H22O/c23-22(21-14-8-3-9-15-21,18-20-12-6-2-7-13-20)17-16-19-10-4-1-5-11-19/h1-2,4-7,10-14,23H,3,8-9,15,18H2. The second-order valence-corrected chi connectivity index (χ2v) is 6.11. The fourth-order valence-electron chi connectivity index (χ4n) is 3.04. The van der Waals surface area contributed by atoms with Crippen molar-refractivity contribution in [2.24, 2.45) is 0 Å². The topological polar surface area (TPSA) is 20.2 Å². The Labute approximate surface area is 138 Å². The van der Waals surface area contributed by atoms with Crippen molar-refractivity contribution in [2.75, 3.05) is 0 Å². The summed E-state index contributed by atoms with van der Waals surface area (Å²) in [5.41, 5.74) is 2.06. The molecule has 0 heterocycles. The van der Waals surface area contributed by atoms with Crippen molar-refractivity contribution in [3.8, 4) is 11.8 Å². The van der Waals surface area contributed by atoms with Crippen LogP contribution in [0, 0.1) is 11.8 Å². The molecular formula is C22H22O. The van der Waals surface area contributed by atoms with E-state index in [0.717, 1.165) is 36.0 Å². The van der Waals surface area contributed by atoms with Crippen LogP contribution in [0.4, 0.5) is 0 Å². The van der Waals surface area contributed by atoms with Gasteiger partial charge in [-0.15, -0.1) is 0 Å². The minimum atomic E-state index is -1.07. The summed E-state index contributed by atoms with van der Waals surface area (Å²) in [4.78, 5) is 0. The fourth-order valence-corrected chi connectivity index (χ4v) is 3.04. The maximum atomic E-state index is 11.3. The van der Waals surface area contributed by atoms with Crippen molar-refractivity contribution in [3.63, 3.8) is 0 Å². The molecule has 2 aromatic rings. The third-order valence-electron chi connectivity index (χ3n) is 4.31. The van der Waals surface area contributed by atoms with Gasteiger partial charge in [0.2, 0.25) is 0 Å². The Morgan fingerprint density at radius 3 is 2.26 bits per heavy atom. The van der Waals surface area contributed by atoms with Gasteiger partial charge in [0.1, 0.15) is 0 Å². The summed E-state index contributed by atoms with van der Waals surface area (Å²) in [5, 5.41) is 11.3. The SMILES string of the molecule is OC(C#Cc1ccccc1)(Cc1ccccc1)C1=CCCCC1. The van der Waals surface area contributed by atoms with E-state index in [2.05, 4.69) is 30.0 Å². The quantitative estimate of drug-likeness (QED) is 0.653. The maximum absolute atomic E-state index is 11.3. The summed E-state index contributed by atoms with van der Waals surface area (Å²) in [6.45, 7) is 0. The molecule has 0 bridgehead atoms. The third kappa shape index (κ3) is 4.12. The average Bonchev–Trinajstić information content (AvgIpc) is 2.63. The highest BCUT2D eigenvalue weighted by molar-refractivity contribution is 5.42. The van der Waals surface area contributed by atoms with Gasteiger partial charge in [-0.05, 0) is 49.0 Å². The molecule has 1 atom stereocenters. The summed E-state index contributed by atoms with van der Waals surface area (Å²) < 4.78 is 0. The minimum absolute atomic E-state index is 0.541. The van der Waals surface area contributed by atoms with Crippen LogP contribution >= 0.6 is 0 Å². The van der Waals surface area contributed by atoms with Crippen molar-refractivity contribution < 1.29 is 5.11 Å². The molecule has 0 aromatic heterocycles. The lowest BCUT2D eigenvalue weighted by atomic mass is 9.81. The van der Waals surface area contributed by atoms with Gasteiger partial charge in [-0.2, -0.15) is 0 Å². The summed E-state index contributed by atoms with van der Waals surface area (Å²) in [6, 6.07) is 20.0. The predicted octanol–water partition coefficient (Wildman–Crippen LogP) is 4.51. The van der Waals surface area contributed by atoms with Gasteiger partial charge in [0, 0.05) is 12.0 Å². The second-order valence-electron chi connectivity index (χ2n) is 6.11. The summed E-state index contributed by atoms with van der Waals surface area (Å²) in [7, 11) is 0. The van der Waals surface area contributed by atoms with Crippen LogP contribution in [0.2, 0.25) is 0 Å². The summed E-state index contributed by atoms with van der Waals surface area (Å²) in [6.07, 6.45) is 7.05. The molecule has 1 unspecified atom stereocenters. The van der Waals surface area contributed by atoms with Crippen LogP contribution in [-0.2, 0) is 6.42 Å². The van der Waals surface area contributed by atoms with E-state index in [1.165, 1.54) is 6.42 Å². The van der Waals surface area contributed by atoms with Crippen molar-refractivity contribution in [2.45, 2.75) is 37.7 Å². The van der Waals surface area contributed by atoms with Gasteiger partial charge in [0.25, 0.3) is 0 Å². The molecule has 2 aromatic carbocycles. The molecule has 0 saturated heterocycles. The molecule has 0 amide bonds. The van der Waals surface area contributed by atoms with Crippen LogP contribution in [0.15, 0.2) is 72.3 Å². The van der Waals surface area contributed by atoms with E-state index in [0.29, 0.717) is 6.42 Å². The first-order chi connectivity index (χ1) is 11.3. The van der Waals surface area contributed by atoms with Crippen LogP contribution in [0.5, 0.6) is 0 Å². The van der Waals surface area contributed by atoms with E-state index in [-0.39, 0.29) is 0 Å². The van der Waals surface area contributed by atoms with E-state index in [1.54, 1.807) is 0 Å². The Morgan fingerprint density at radius 1 is 0.913 bits per heavy atom. The monoisotopic (exact) mass is 302 g/mol. The number of aliphatic hydroxyl groups is 1. The Balaban J connectivity index is 1.93. The zero-order chi connectivity index (χ0) is 16.0. The van der Waals surface area contributed by atoms with Crippen molar-refractivity contribution in [1.29, 1.82) is 0 Å². The lowest BCUT2D eigenvalue weighted by Crippen LogP contribution is -2.33. The molecule has 1 nitrogen and oxygen atoms in total. The first kappa shape index (κ1) is 15.6. The van der Waals surface area contributed by atoms with E-state index in [9.17, 15) is 5.11 Å². The van der Waals surface area contributed by atoms with Crippen LogP contribution in [0.25, 0.3) is 0 Å². The normalized spacial score (nSPS) is 16.7. The van der Waals surface area contributed by atoms with Gasteiger partial charge in [-0.25, -0.2) is 0 Å². The molecular weight excluding hydrogens is 280 g/mol. The fraction of sp³-hybridized carbons (Fsp3) is 0.273. The molecule has 0 saturated carbocycles. The van der Waals surface area contributed by atoms with E-state index in [1.807, 2.05) is 48.5 Å². The molecule has 0 aliphatic heterocycles. The lowest BCUT2D eigenvalue weighted by molar-refractivity contribution is 0.134. The smallest absolute Gasteiger partial charge is 0.151 e. The molecule has 0 spiro atoms. The lowest BCUT2D eigenvalue weighted by Gasteiger charge is -2.28. The highest BCUT2D eigenvalue weighted by atomic mass is 16.3. The Kier molecular flexibility index (Phi) is 4.95. The van der Waals surface area contributed by atoms with Crippen molar-refractivity contribution in [3.05, 3.63) is 83.4 Å². The van der Waals surface area contributed by atoms with E-state index < -0.39 is 5.60 Å². The van der Waals surface area contributed by atoms with Crippen LogP contribution < -0.4 is 0 Å². The Morgan fingerprint density at radius 2 is 1.61 bits per heavy atom. The van der Waals surface area contributed by atoms with Gasteiger partial charge in [0.05, 0.1) is 0 Å². The highest BCUT2D eigenvalue weighted by Crippen LogP contribution is 2.30. The number of hydrogen-bond acceptors (Lipinski definition) is 1. The van der Waals surface area contributed by atoms with Crippen LogP contribution in [0.3, 0.4) is 0 Å². The molecule has 23 heavy (non-hydrogen) atoms. The molecule has 3 rings (SSSR count). The van der Waals surface area contributed by atoms with Gasteiger partial charge < -0.3 is 5.11 Å². The molecule has 1 heteroatoms. The molecule has 116 valence electrons. The second kappa shape index (κ2) is 7.31. The largest absolute Gasteiger partial charge is 0.373 e. The van der Waals surface area contributed by atoms with E-state index >= 15 is 0 Å². The van der Waals surface area contributed by atoms with Gasteiger partial charge in [-0.3, -0.25) is 0 Å². The number of allylic oxidation sites excluding steroid dienone is 1. The summed E-state index contributed by atoms with van der Waals surface area (Å²) >= 11 is 0. The van der Waals surface area contributed by atoms with Gasteiger partial charge in [0.15, 0.2) is 5.60 Å². The highest BCUT2D eigenvalue weighted by Gasteiger charge is 2.30. The summed E-state index contributed by atoms with van der Waals surface area (Å²) in [5.74, 6) is 6.33. The number of rotatable bonds is 3. The molecule has 0 fully saturated rings. The van der Waals surface area contributed by atoms with E-state index in [4.69, 9.17) is 0 Å². The maximum Gasteiger partial charge on any atom is 0.151 e. The van der Waals surface area contributed by atoms with Gasteiger partial charge in [-0.1, -0.05) is 66.4 Å². The third-order valence-corrected chi connectivity index (χ3v) is 4.31. The van der Waals surface area contributed by atoms with Gasteiger partial charge >= 0.3 is 0 Å².